The van der Waals surface area contributed by atoms with Crippen molar-refractivity contribution in [3.63, 3.8) is 0 Å². The van der Waals surface area contributed by atoms with E-state index >= 15 is 4.39 Å². The third kappa shape index (κ3) is 6.25. The van der Waals surface area contributed by atoms with Gasteiger partial charge in [-0.15, -0.1) is 0 Å². The van der Waals surface area contributed by atoms with E-state index in [1.807, 2.05) is 19.1 Å². The number of halogens is 1. The Hall–Kier alpha value is -3.17. The van der Waals surface area contributed by atoms with Crippen molar-refractivity contribution in [2.75, 3.05) is 44.9 Å². The molecule has 0 aromatic heterocycles. The van der Waals surface area contributed by atoms with Crippen molar-refractivity contribution < 1.29 is 28.2 Å². The van der Waals surface area contributed by atoms with Crippen LogP contribution in [0.3, 0.4) is 0 Å². The van der Waals surface area contributed by atoms with Gasteiger partial charge in [0.05, 0.1) is 17.9 Å². The predicted octanol–water partition coefficient (Wildman–Crippen LogP) is 4.89. The number of likely N-dealkylation sites (N-methyl/N-ethyl adjacent to an activating group) is 1. The van der Waals surface area contributed by atoms with Crippen molar-refractivity contribution in [3.05, 3.63) is 53.3 Å². The number of carbonyl (C=O) groups is 2. The van der Waals surface area contributed by atoms with Crippen LogP contribution in [0.25, 0.3) is 0 Å². The van der Waals surface area contributed by atoms with Crippen LogP contribution in [-0.4, -0.2) is 68.3 Å². The summed E-state index contributed by atoms with van der Waals surface area (Å²) in [7, 11) is 1.67. The van der Waals surface area contributed by atoms with E-state index in [4.69, 9.17) is 19.9 Å². The molecule has 0 saturated heterocycles. The van der Waals surface area contributed by atoms with Crippen LogP contribution < -0.4 is 20.1 Å². The lowest BCUT2D eigenvalue weighted by Crippen LogP contribution is -2.53. The third-order valence-electron chi connectivity index (χ3n) is 7.83. The van der Waals surface area contributed by atoms with E-state index in [1.54, 1.807) is 25.9 Å². The van der Waals surface area contributed by atoms with Crippen LogP contribution in [0.1, 0.15) is 74.7 Å². The molecule has 2 atom stereocenters. The minimum atomic E-state index is -1.16. The van der Waals surface area contributed by atoms with Crippen LogP contribution in [0.2, 0.25) is 0 Å². The first-order valence-corrected chi connectivity index (χ1v) is 14.3. The van der Waals surface area contributed by atoms with Crippen LogP contribution >= 0.6 is 0 Å². The molecule has 9 heteroatoms. The fourth-order valence-corrected chi connectivity index (χ4v) is 5.89. The smallest absolute Gasteiger partial charge is 0.270 e. The largest absolute Gasteiger partial charge is 0.493 e. The molecule has 2 amide bonds. The van der Waals surface area contributed by atoms with Crippen molar-refractivity contribution in [1.29, 1.82) is 0 Å². The summed E-state index contributed by atoms with van der Waals surface area (Å²) in [5.41, 5.74) is 6.04. The first-order chi connectivity index (χ1) is 19.2. The Balaban J connectivity index is 1.63. The highest BCUT2D eigenvalue weighted by molar-refractivity contribution is 6.04. The number of nitrogens with zero attached hydrogens (tertiary/aromatic N) is 2. The monoisotopic (exact) mass is 555 g/mol. The summed E-state index contributed by atoms with van der Waals surface area (Å²) in [5, 5.41) is 0. The Bertz CT molecular complexity index is 1200. The molecule has 2 aliphatic rings. The molecule has 40 heavy (non-hydrogen) atoms. The van der Waals surface area contributed by atoms with Gasteiger partial charge in [0.25, 0.3) is 11.8 Å². The molecule has 2 aromatic rings. The van der Waals surface area contributed by atoms with Gasteiger partial charge in [0, 0.05) is 57.8 Å². The second kappa shape index (κ2) is 13.0. The molecule has 4 rings (SSSR count). The van der Waals surface area contributed by atoms with Crippen LogP contribution in [0.5, 0.6) is 11.5 Å². The van der Waals surface area contributed by atoms with E-state index < -0.39 is 17.3 Å². The summed E-state index contributed by atoms with van der Waals surface area (Å²) in [6.45, 7) is 7.29. The highest BCUT2D eigenvalue weighted by Gasteiger charge is 2.42. The average molecular weight is 556 g/mol. The van der Waals surface area contributed by atoms with E-state index in [-0.39, 0.29) is 42.3 Å². The standard InChI is InChI=1S/C31H42FN3O5/c1-5-34(26-13-7-6-12-23(26)21-10-8-11-22(18-21)39-17-9-16-38-4)29(36)24-19-27-28(20-25(24)32)40-31(2,3)30(37)35(27)15-14-33/h8,10-11,18-20,23,26H,5-7,9,12-17,33H2,1-4H3/t23-,26+/m1/s1. The molecule has 0 spiro atoms. The summed E-state index contributed by atoms with van der Waals surface area (Å²) in [6, 6.07) is 10.6. The molecule has 0 bridgehead atoms. The topological polar surface area (TPSA) is 94.3 Å². The summed E-state index contributed by atoms with van der Waals surface area (Å²) in [6.07, 6.45) is 4.60. The van der Waals surface area contributed by atoms with Crippen molar-refractivity contribution in [2.24, 2.45) is 5.73 Å². The van der Waals surface area contributed by atoms with Crippen molar-refractivity contribution in [3.8, 4) is 11.5 Å². The molecule has 1 saturated carbocycles. The molecule has 1 heterocycles. The zero-order valence-electron chi connectivity index (χ0n) is 24.1. The zero-order valence-corrected chi connectivity index (χ0v) is 24.1. The molecule has 0 radical (unpaired) electrons. The number of hydrogen-bond acceptors (Lipinski definition) is 6. The number of nitrogens with two attached hydrogens (primary N) is 1. The number of fused-ring (bicyclic) bond motifs is 1. The molecule has 1 fully saturated rings. The van der Waals surface area contributed by atoms with Crippen LogP contribution in [0, 0.1) is 5.82 Å². The van der Waals surface area contributed by atoms with Crippen molar-refractivity contribution in [1.82, 2.24) is 4.90 Å². The maximum absolute atomic E-state index is 15.5. The van der Waals surface area contributed by atoms with Gasteiger partial charge in [-0.1, -0.05) is 25.0 Å². The number of methoxy groups -OCH3 is 1. The van der Waals surface area contributed by atoms with Gasteiger partial charge in [-0.25, -0.2) is 4.39 Å². The molecular formula is C31H42FN3O5. The Kier molecular flexibility index (Phi) is 9.68. The second-order valence-corrected chi connectivity index (χ2v) is 11.0. The van der Waals surface area contributed by atoms with Gasteiger partial charge in [0.2, 0.25) is 0 Å². The molecule has 1 aliphatic carbocycles. The highest BCUT2D eigenvalue weighted by Crippen LogP contribution is 2.41. The van der Waals surface area contributed by atoms with Crippen LogP contribution in [-0.2, 0) is 9.53 Å². The summed E-state index contributed by atoms with van der Waals surface area (Å²) >= 11 is 0. The first kappa shape index (κ1) is 29.8. The first-order valence-electron chi connectivity index (χ1n) is 14.3. The van der Waals surface area contributed by atoms with E-state index in [0.717, 1.165) is 43.4 Å². The Morgan fingerprint density at radius 3 is 2.70 bits per heavy atom. The summed E-state index contributed by atoms with van der Waals surface area (Å²) < 4.78 is 32.4. The molecule has 8 nitrogen and oxygen atoms in total. The minimum Gasteiger partial charge on any atom is -0.493 e. The van der Waals surface area contributed by atoms with Crippen LogP contribution in [0.15, 0.2) is 36.4 Å². The Morgan fingerprint density at radius 2 is 1.98 bits per heavy atom. The molecule has 1 aliphatic heterocycles. The van der Waals surface area contributed by atoms with E-state index in [2.05, 4.69) is 12.1 Å². The lowest BCUT2D eigenvalue weighted by atomic mass is 9.79. The summed E-state index contributed by atoms with van der Waals surface area (Å²) in [4.78, 5) is 30.3. The quantitative estimate of drug-likeness (QED) is 0.397. The van der Waals surface area contributed by atoms with E-state index in [0.29, 0.717) is 25.4 Å². The van der Waals surface area contributed by atoms with Gasteiger partial charge < -0.3 is 29.7 Å². The SMILES string of the molecule is CCN(C(=O)c1cc2c(cc1F)OC(C)(C)C(=O)N2CCN)[C@H]1CCCC[C@@H]1c1cccc(OCCCOC)c1. The van der Waals surface area contributed by atoms with Crippen molar-refractivity contribution in [2.45, 2.75) is 70.4 Å². The number of rotatable bonds is 11. The molecule has 218 valence electrons. The average Bonchev–Trinajstić information content (AvgIpc) is 2.94. The fourth-order valence-electron chi connectivity index (χ4n) is 5.89. The summed E-state index contributed by atoms with van der Waals surface area (Å²) in [5.74, 6) is -0.219. The number of amides is 2. The lowest BCUT2D eigenvalue weighted by molar-refractivity contribution is -0.132. The highest BCUT2D eigenvalue weighted by atomic mass is 19.1. The van der Waals surface area contributed by atoms with E-state index in [1.165, 1.54) is 17.0 Å². The Morgan fingerprint density at radius 1 is 1.20 bits per heavy atom. The number of carbonyl (C=O) groups excluding carboxylic acids is 2. The predicted molar refractivity (Wildman–Crippen MR) is 153 cm³/mol. The van der Waals surface area contributed by atoms with E-state index in [9.17, 15) is 9.59 Å². The maximum Gasteiger partial charge on any atom is 0.270 e. The lowest BCUT2D eigenvalue weighted by Gasteiger charge is -2.41. The zero-order chi connectivity index (χ0) is 28.9. The Labute approximate surface area is 236 Å². The van der Waals surface area contributed by atoms with Gasteiger partial charge in [0.1, 0.15) is 17.3 Å². The van der Waals surface area contributed by atoms with Gasteiger partial charge in [-0.2, -0.15) is 0 Å². The third-order valence-corrected chi connectivity index (χ3v) is 7.83. The number of ether oxygens (including phenoxy) is 3. The molecule has 0 unspecified atom stereocenters. The van der Waals surface area contributed by atoms with Gasteiger partial charge in [-0.05, 0) is 57.4 Å². The van der Waals surface area contributed by atoms with Crippen molar-refractivity contribution >= 4 is 17.5 Å². The van der Waals surface area contributed by atoms with Gasteiger partial charge >= 0.3 is 0 Å². The number of anilines is 1. The fraction of sp³-hybridized carbons (Fsp3) is 0.548. The number of hydrogen-bond donors (Lipinski definition) is 1. The minimum absolute atomic E-state index is 0.0710. The molecular weight excluding hydrogens is 513 g/mol. The normalized spacial score (nSPS) is 20.1. The number of benzene rings is 2. The van der Waals surface area contributed by atoms with Gasteiger partial charge in [0.15, 0.2) is 5.60 Å². The van der Waals surface area contributed by atoms with Gasteiger partial charge in [-0.3, -0.25) is 9.59 Å². The molecule has 2 aromatic carbocycles. The second-order valence-electron chi connectivity index (χ2n) is 11.0. The molecule has 2 N–H and O–H groups in total. The maximum atomic E-state index is 15.5. The van der Waals surface area contributed by atoms with Crippen LogP contribution in [0.4, 0.5) is 10.1 Å².